The average Bonchev–Trinajstić information content (AvgIpc) is 2.68. The standard InChI is InChI=1S/C18H22N6O2/c1-13(2)22-16(25)14-10-15(12-19-11-14)17(26)23-6-8-24(9-7-23)18-20-4-3-5-21-18/h3-5,10-13H,6-9H2,1-2H3,(H,22,25). The molecule has 8 nitrogen and oxygen atoms in total. The van der Waals surface area contributed by atoms with Gasteiger partial charge in [-0.1, -0.05) is 0 Å². The van der Waals surface area contributed by atoms with E-state index in [1.165, 1.54) is 12.4 Å². The zero-order chi connectivity index (χ0) is 18.5. The van der Waals surface area contributed by atoms with E-state index in [1.54, 1.807) is 29.4 Å². The van der Waals surface area contributed by atoms with Crippen molar-refractivity contribution in [1.82, 2.24) is 25.2 Å². The zero-order valence-corrected chi connectivity index (χ0v) is 14.9. The van der Waals surface area contributed by atoms with E-state index in [9.17, 15) is 9.59 Å². The van der Waals surface area contributed by atoms with Crippen LogP contribution in [0.4, 0.5) is 5.95 Å². The molecule has 3 heterocycles. The lowest BCUT2D eigenvalue weighted by Gasteiger charge is -2.34. The Labute approximate surface area is 152 Å². The summed E-state index contributed by atoms with van der Waals surface area (Å²) in [6, 6.07) is 3.40. The Bertz CT molecular complexity index is 772. The average molecular weight is 354 g/mol. The van der Waals surface area contributed by atoms with Crippen LogP contribution >= 0.6 is 0 Å². The van der Waals surface area contributed by atoms with Gasteiger partial charge in [-0.25, -0.2) is 9.97 Å². The SMILES string of the molecule is CC(C)NC(=O)c1cncc(C(=O)N2CCN(c3ncccn3)CC2)c1. The highest BCUT2D eigenvalue weighted by atomic mass is 16.2. The third kappa shape index (κ3) is 4.14. The van der Waals surface area contributed by atoms with E-state index in [1.807, 2.05) is 13.8 Å². The lowest BCUT2D eigenvalue weighted by molar-refractivity contribution is 0.0746. The van der Waals surface area contributed by atoms with Crippen molar-refractivity contribution in [3.63, 3.8) is 0 Å². The number of carbonyl (C=O) groups excluding carboxylic acids is 2. The molecule has 0 unspecified atom stereocenters. The van der Waals surface area contributed by atoms with Crippen molar-refractivity contribution in [2.45, 2.75) is 19.9 Å². The topological polar surface area (TPSA) is 91.3 Å². The first-order valence-corrected chi connectivity index (χ1v) is 8.62. The summed E-state index contributed by atoms with van der Waals surface area (Å²) in [5.41, 5.74) is 0.812. The van der Waals surface area contributed by atoms with Crippen LogP contribution < -0.4 is 10.2 Å². The van der Waals surface area contributed by atoms with Crippen LogP contribution in [0, 0.1) is 0 Å². The van der Waals surface area contributed by atoms with Gasteiger partial charge < -0.3 is 15.1 Å². The van der Waals surface area contributed by atoms with E-state index < -0.39 is 0 Å². The van der Waals surface area contributed by atoms with Crippen molar-refractivity contribution in [2.24, 2.45) is 0 Å². The number of piperazine rings is 1. The summed E-state index contributed by atoms with van der Waals surface area (Å²) in [5, 5.41) is 2.80. The smallest absolute Gasteiger partial charge is 0.255 e. The number of amides is 2. The Morgan fingerprint density at radius 3 is 2.35 bits per heavy atom. The van der Waals surface area contributed by atoms with Crippen LogP contribution in [0.3, 0.4) is 0 Å². The molecule has 1 N–H and O–H groups in total. The van der Waals surface area contributed by atoms with E-state index in [4.69, 9.17) is 0 Å². The van der Waals surface area contributed by atoms with E-state index in [-0.39, 0.29) is 17.9 Å². The fourth-order valence-electron chi connectivity index (χ4n) is 2.77. The predicted octanol–water partition coefficient (Wildman–Crippen LogP) is 0.972. The lowest BCUT2D eigenvalue weighted by Crippen LogP contribution is -2.49. The van der Waals surface area contributed by atoms with Gasteiger partial charge in [-0.05, 0) is 26.0 Å². The first-order valence-electron chi connectivity index (χ1n) is 8.62. The minimum Gasteiger partial charge on any atom is -0.350 e. The third-order valence-electron chi connectivity index (χ3n) is 4.07. The second kappa shape index (κ2) is 7.90. The number of nitrogens with zero attached hydrogens (tertiary/aromatic N) is 5. The van der Waals surface area contributed by atoms with E-state index in [2.05, 4.69) is 25.2 Å². The molecule has 3 rings (SSSR count). The molecule has 1 saturated heterocycles. The van der Waals surface area contributed by atoms with Crippen LogP contribution in [0.1, 0.15) is 34.6 Å². The Morgan fingerprint density at radius 1 is 1.04 bits per heavy atom. The van der Waals surface area contributed by atoms with Crippen molar-refractivity contribution in [3.05, 3.63) is 48.0 Å². The monoisotopic (exact) mass is 354 g/mol. The molecule has 0 spiro atoms. The summed E-state index contributed by atoms with van der Waals surface area (Å²) >= 11 is 0. The van der Waals surface area contributed by atoms with Crippen LogP contribution in [0.25, 0.3) is 0 Å². The third-order valence-corrected chi connectivity index (χ3v) is 4.07. The second-order valence-electron chi connectivity index (χ2n) is 6.42. The minimum atomic E-state index is -0.229. The summed E-state index contributed by atoms with van der Waals surface area (Å²) < 4.78 is 0. The fraction of sp³-hybridized carbons (Fsp3) is 0.389. The van der Waals surface area contributed by atoms with Crippen LogP contribution in [0.15, 0.2) is 36.9 Å². The summed E-state index contributed by atoms with van der Waals surface area (Å²) in [4.78, 5) is 41.2. The molecule has 1 aliphatic heterocycles. The van der Waals surface area contributed by atoms with Crippen molar-refractivity contribution in [1.29, 1.82) is 0 Å². The van der Waals surface area contributed by atoms with Crippen molar-refractivity contribution >= 4 is 17.8 Å². The number of pyridine rings is 1. The van der Waals surface area contributed by atoms with Gasteiger partial charge in [-0.15, -0.1) is 0 Å². The highest BCUT2D eigenvalue weighted by Crippen LogP contribution is 2.13. The Kier molecular flexibility index (Phi) is 5.40. The molecular weight excluding hydrogens is 332 g/mol. The largest absolute Gasteiger partial charge is 0.350 e. The molecule has 0 aromatic carbocycles. The van der Waals surface area contributed by atoms with Gasteiger partial charge >= 0.3 is 0 Å². The molecule has 0 atom stereocenters. The maximum atomic E-state index is 12.7. The van der Waals surface area contributed by atoms with E-state index >= 15 is 0 Å². The molecule has 8 heteroatoms. The van der Waals surface area contributed by atoms with Gasteiger partial charge in [-0.3, -0.25) is 14.6 Å². The quantitative estimate of drug-likeness (QED) is 0.880. The predicted molar refractivity (Wildman–Crippen MR) is 97.0 cm³/mol. The number of aromatic nitrogens is 3. The zero-order valence-electron chi connectivity index (χ0n) is 14.9. The second-order valence-corrected chi connectivity index (χ2v) is 6.42. The molecule has 0 saturated carbocycles. The maximum Gasteiger partial charge on any atom is 0.255 e. The van der Waals surface area contributed by atoms with Crippen molar-refractivity contribution in [3.8, 4) is 0 Å². The van der Waals surface area contributed by atoms with Gasteiger partial charge in [0.05, 0.1) is 11.1 Å². The van der Waals surface area contributed by atoms with Gasteiger partial charge in [-0.2, -0.15) is 0 Å². The molecule has 1 aliphatic rings. The van der Waals surface area contributed by atoms with Gasteiger partial charge in [0.25, 0.3) is 11.8 Å². The van der Waals surface area contributed by atoms with E-state index in [0.29, 0.717) is 43.3 Å². The van der Waals surface area contributed by atoms with Crippen LogP contribution in [0.2, 0.25) is 0 Å². The van der Waals surface area contributed by atoms with E-state index in [0.717, 1.165) is 0 Å². The van der Waals surface area contributed by atoms with Crippen LogP contribution in [-0.2, 0) is 0 Å². The highest BCUT2D eigenvalue weighted by molar-refractivity contribution is 5.99. The first kappa shape index (κ1) is 17.8. The van der Waals surface area contributed by atoms with Crippen LogP contribution in [0.5, 0.6) is 0 Å². The minimum absolute atomic E-state index is 0.0233. The summed E-state index contributed by atoms with van der Waals surface area (Å²) in [5.74, 6) is 0.326. The Hall–Kier alpha value is -3.03. The molecule has 136 valence electrons. The molecule has 2 aromatic rings. The Balaban J connectivity index is 1.64. The lowest BCUT2D eigenvalue weighted by atomic mass is 10.1. The molecule has 1 fully saturated rings. The maximum absolute atomic E-state index is 12.7. The summed E-state index contributed by atoms with van der Waals surface area (Å²) in [6.45, 7) is 6.24. The first-order chi connectivity index (χ1) is 12.5. The fourth-order valence-corrected chi connectivity index (χ4v) is 2.77. The van der Waals surface area contributed by atoms with Crippen molar-refractivity contribution in [2.75, 3.05) is 31.1 Å². The number of anilines is 1. The summed E-state index contributed by atoms with van der Waals surface area (Å²) in [6.07, 6.45) is 6.39. The molecule has 2 aromatic heterocycles. The summed E-state index contributed by atoms with van der Waals surface area (Å²) in [7, 11) is 0. The van der Waals surface area contributed by atoms with Crippen molar-refractivity contribution < 1.29 is 9.59 Å². The number of hydrogen-bond donors (Lipinski definition) is 1. The number of carbonyl (C=O) groups is 2. The molecule has 0 aliphatic carbocycles. The van der Waals surface area contributed by atoms with Gasteiger partial charge in [0, 0.05) is 57.0 Å². The molecule has 0 radical (unpaired) electrons. The number of rotatable bonds is 4. The van der Waals surface area contributed by atoms with Crippen LogP contribution in [-0.4, -0.2) is 63.9 Å². The molecular formula is C18H22N6O2. The van der Waals surface area contributed by atoms with Gasteiger partial charge in [0.2, 0.25) is 5.95 Å². The Morgan fingerprint density at radius 2 is 1.69 bits per heavy atom. The van der Waals surface area contributed by atoms with Gasteiger partial charge in [0.1, 0.15) is 0 Å². The van der Waals surface area contributed by atoms with Gasteiger partial charge in [0.15, 0.2) is 0 Å². The molecule has 2 amide bonds. The number of nitrogens with one attached hydrogen (secondary N) is 1. The highest BCUT2D eigenvalue weighted by Gasteiger charge is 2.24. The molecule has 0 bridgehead atoms. The molecule has 26 heavy (non-hydrogen) atoms. The normalized spacial score (nSPS) is 14.4. The number of hydrogen-bond acceptors (Lipinski definition) is 6.